The van der Waals surface area contributed by atoms with Gasteiger partial charge in [-0.05, 0) is 25.7 Å². The normalized spacial score (nSPS) is 15.4. The van der Waals surface area contributed by atoms with Gasteiger partial charge in [0, 0.05) is 0 Å². The summed E-state index contributed by atoms with van der Waals surface area (Å²) < 4.78 is 4.38. The van der Waals surface area contributed by atoms with Crippen LogP contribution in [0, 0.1) is 0 Å². The van der Waals surface area contributed by atoms with Crippen LogP contribution in [0.3, 0.4) is 0 Å². The van der Waals surface area contributed by atoms with Gasteiger partial charge in [-0.15, -0.1) is 0 Å². The summed E-state index contributed by atoms with van der Waals surface area (Å²) in [6, 6.07) is 0. The number of hydrogen-bond acceptors (Lipinski definition) is 7. The number of aliphatic hydroxyl groups is 4. The SMILES string of the molecule is CCC(O)(CC)C(O)C(=O)OC(=O)C(O)C(O)(CC)CC. The molecule has 7 heteroatoms. The van der Waals surface area contributed by atoms with Gasteiger partial charge in [0.15, 0.2) is 12.2 Å². The molecular weight excluding hydrogens is 280 g/mol. The average molecular weight is 306 g/mol. The fraction of sp³-hybridized carbons (Fsp3) is 0.857. The van der Waals surface area contributed by atoms with Crippen LogP contribution in [0.5, 0.6) is 0 Å². The van der Waals surface area contributed by atoms with Gasteiger partial charge in [0.25, 0.3) is 0 Å². The Morgan fingerprint density at radius 2 is 1.05 bits per heavy atom. The van der Waals surface area contributed by atoms with Crippen LogP contribution in [0.2, 0.25) is 0 Å². The lowest BCUT2D eigenvalue weighted by Gasteiger charge is -2.31. The molecule has 124 valence electrons. The second kappa shape index (κ2) is 7.84. The van der Waals surface area contributed by atoms with E-state index in [1.54, 1.807) is 27.7 Å². The Morgan fingerprint density at radius 3 is 1.24 bits per heavy atom. The molecule has 2 unspecified atom stereocenters. The molecule has 21 heavy (non-hydrogen) atoms. The van der Waals surface area contributed by atoms with Gasteiger partial charge in [-0.2, -0.15) is 0 Å². The summed E-state index contributed by atoms with van der Waals surface area (Å²) in [4.78, 5) is 23.4. The minimum Gasteiger partial charge on any atom is -0.389 e. The molecule has 0 aliphatic carbocycles. The van der Waals surface area contributed by atoms with Crippen molar-refractivity contribution in [3.63, 3.8) is 0 Å². The Labute approximate surface area is 124 Å². The Bertz CT molecular complexity index is 324. The van der Waals surface area contributed by atoms with E-state index in [0.29, 0.717) is 0 Å². The van der Waals surface area contributed by atoms with Gasteiger partial charge >= 0.3 is 11.9 Å². The quantitative estimate of drug-likeness (QED) is 0.364. The Hall–Kier alpha value is -1.02. The number of esters is 2. The fourth-order valence-corrected chi connectivity index (χ4v) is 1.92. The average Bonchev–Trinajstić information content (AvgIpc) is 2.51. The van der Waals surface area contributed by atoms with Crippen molar-refractivity contribution in [1.82, 2.24) is 0 Å². The predicted molar refractivity (Wildman–Crippen MR) is 74.2 cm³/mol. The zero-order valence-corrected chi connectivity index (χ0v) is 13.0. The van der Waals surface area contributed by atoms with Gasteiger partial charge < -0.3 is 25.2 Å². The van der Waals surface area contributed by atoms with Crippen molar-refractivity contribution in [2.24, 2.45) is 0 Å². The second-order valence-corrected chi connectivity index (χ2v) is 5.17. The molecule has 0 fully saturated rings. The first-order valence-electron chi connectivity index (χ1n) is 7.18. The minimum absolute atomic E-state index is 0.0877. The summed E-state index contributed by atoms with van der Waals surface area (Å²) >= 11 is 0. The summed E-state index contributed by atoms with van der Waals surface area (Å²) in [7, 11) is 0. The molecule has 0 aromatic heterocycles. The maximum Gasteiger partial charge on any atom is 0.345 e. The summed E-state index contributed by atoms with van der Waals surface area (Å²) in [5.74, 6) is -2.69. The monoisotopic (exact) mass is 306 g/mol. The number of rotatable bonds is 8. The van der Waals surface area contributed by atoms with E-state index in [0.717, 1.165) is 0 Å². The van der Waals surface area contributed by atoms with Crippen LogP contribution in [-0.4, -0.2) is 55.8 Å². The number of ether oxygens (including phenoxy) is 1. The number of carbonyl (C=O) groups is 2. The third-order valence-electron chi connectivity index (χ3n) is 4.11. The first kappa shape index (κ1) is 20.0. The van der Waals surface area contributed by atoms with Gasteiger partial charge in [0.2, 0.25) is 0 Å². The van der Waals surface area contributed by atoms with Crippen LogP contribution in [-0.2, 0) is 14.3 Å². The molecule has 0 aromatic carbocycles. The molecule has 0 spiro atoms. The lowest BCUT2D eigenvalue weighted by molar-refractivity contribution is -0.188. The number of carbonyl (C=O) groups excluding carboxylic acids is 2. The smallest absolute Gasteiger partial charge is 0.345 e. The van der Waals surface area contributed by atoms with Crippen molar-refractivity contribution < 1.29 is 34.8 Å². The highest BCUT2D eigenvalue weighted by atomic mass is 16.6. The van der Waals surface area contributed by atoms with Crippen molar-refractivity contribution in [2.75, 3.05) is 0 Å². The highest BCUT2D eigenvalue weighted by Crippen LogP contribution is 2.23. The van der Waals surface area contributed by atoms with Gasteiger partial charge in [-0.3, -0.25) is 0 Å². The molecule has 0 heterocycles. The van der Waals surface area contributed by atoms with Crippen LogP contribution in [0.1, 0.15) is 53.4 Å². The topological polar surface area (TPSA) is 124 Å². The molecule has 0 radical (unpaired) electrons. The highest BCUT2D eigenvalue weighted by molar-refractivity contribution is 5.90. The Morgan fingerprint density at radius 1 is 0.810 bits per heavy atom. The summed E-state index contributed by atoms with van der Waals surface area (Å²) in [5.41, 5.74) is -3.40. The molecule has 0 bridgehead atoms. The van der Waals surface area contributed by atoms with E-state index >= 15 is 0 Å². The second-order valence-electron chi connectivity index (χ2n) is 5.17. The molecule has 2 atom stereocenters. The Kier molecular flexibility index (Phi) is 7.46. The molecule has 0 aromatic rings. The summed E-state index contributed by atoms with van der Waals surface area (Å²) in [6.45, 7) is 6.29. The third kappa shape index (κ3) is 4.47. The van der Waals surface area contributed by atoms with Crippen molar-refractivity contribution in [2.45, 2.75) is 76.8 Å². The molecule has 0 rings (SSSR count). The van der Waals surface area contributed by atoms with Crippen molar-refractivity contribution in [3.8, 4) is 0 Å². The van der Waals surface area contributed by atoms with E-state index in [9.17, 15) is 30.0 Å². The van der Waals surface area contributed by atoms with Gasteiger partial charge in [-0.1, -0.05) is 27.7 Å². The van der Waals surface area contributed by atoms with Crippen molar-refractivity contribution >= 4 is 11.9 Å². The van der Waals surface area contributed by atoms with Gasteiger partial charge in [0.1, 0.15) is 11.2 Å². The van der Waals surface area contributed by atoms with Gasteiger partial charge in [-0.25, -0.2) is 9.59 Å². The van der Waals surface area contributed by atoms with E-state index in [1.165, 1.54) is 0 Å². The summed E-state index contributed by atoms with van der Waals surface area (Å²) in [6.07, 6.45) is -3.45. The fourth-order valence-electron chi connectivity index (χ4n) is 1.92. The van der Waals surface area contributed by atoms with Crippen molar-refractivity contribution in [3.05, 3.63) is 0 Å². The standard InChI is InChI=1S/C14H26O7/c1-5-13(19,6-2)9(15)11(17)21-12(18)10(16)14(20,7-3)8-4/h9-10,15-16,19-20H,5-8H2,1-4H3. The molecule has 0 saturated heterocycles. The highest BCUT2D eigenvalue weighted by Gasteiger charge is 2.43. The lowest BCUT2D eigenvalue weighted by Crippen LogP contribution is -2.51. The maximum absolute atomic E-state index is 11.7. The van der Waals surface area contributed by atoms with Crippen LogP contribution in [0.15, 0.2) is 0 Å². The van der Waals surface area contributed by atoms with Crippen molar-refractivity contribution in [1.29, 1.82) is 0 Å². The molecule has 7 nitrogen and oxygen atoms in total. The van der Waals surface area contributed by atoms with E-state index < -0.39 is 35.3 Å². The largest absolute Gasteiger partial charge is 0.389 e. The van der Waals surface area contributed by atoms with E-state index in [1.807, 2.05) is 0 Å². The van der Waals surface area contributed by atoms with Crippen LogP contribution >= 0.6 is 0 Å². The van der Waals surface area contributed by atoms with Crippen LogP contribution in [0.25, 0.3) is 0 Å². The minimum atomic E-state index is -1.90. The molecular formula is C14H26O7. The van der Waals surface area contributed by atoms with Crippen LogP contribution in [0.4, 0.5) is 0 Å². The molecule has 4 N–H and O–H groups in total. The molecule has 0 amide bonds. The predicted octanol–water partition coefficient (Wildman–Crippen LogP) is -0.120. The lowest BCUT2D eigenvalue weighted by atomic mass is 9.90. The maximum atomic E-state index is 11.7. The molecule has 0 saturated carbocycles. The van der Waals surface area contributed by atoms with E-state index in [-0.39, 0.29) is 25.7 Å². The van der Waals surface area contributed by atoms with Crippen LogP contribution < -0.4 is 0 Å². The third-order valence-corrected chi connectivity index (χ3v) is 4.11. The summed E-state index contributed by atoms with van der Waals surface area (Å²) in [5, 5.41) is 39.5. The van der Waals surface area contributed by atoms with Gasteiger partial charge in [0.05, 0.1) is 0 Å². The van der Waals surface area contributed by atoms with E-state index in [2.05, 4.69) is 4.74 Å². The zero-order chi connectivity index (χ0) is 16.8. The number of hydrogen-bond donors (Lipinski definition) is 4. The zero-order valence-electron chi connectivity index (χ0n) is 13.0. The first-order valence-corrected chi connectivity index (χ1v) is 7.18. The molecule has 0 aliphatic rings. The first-order chi connectivity index (χ1) is 9.61. The number of aliphatic hydroxyl groups excluding tert-OH is 2. The van der Waals surface area contributed by atoms with E-state index in [4.69, 9.17) is 0 Å². The molecule has 0 aliphatic heterocycles. The Balaban J connectivity index is 4.90.